The van der Waals surface area contributed by atoms with Gasteiger partial charge in [0.2, 0.25) is 0 Å². The topological polar surface area (TPSA) is 35.5 Å². The van der Waals surface area contributed by atoms with Crippen LogP contribution in [0, 0.1) is 10.8 Å². The maximum atomic E-state index is 12.3. The third-order valence-corrected chi connectivity index (χ3v) is 3.10. The Balaban J connectivity index is 4.99. The lowest BCUT2D eigenvalue weighted by molar-refractivity contribution is -0.179. The van der Waals surface area contributed by atoms with Crippen LogP contribution in [0.5, 0.6) is 0 Å². The fourth-order valence-electron chi connectivity index (χ4n) is 1.28. The molecule has 3 nitrogen and oxygen atoms in total. The Morgan fingerprint density at radius 3 is 1.76 bits per heavy atom. The zero-order valence-electron chi connectivity index (χ0n) is 12.6. The Labute approximate surface area is 106 Å². The fraction of sp³-hybridized carbons (Fsp3) is 0.929. The van der Waals surface area contributed by atoms with Crippen molar-refractivity contribution in [3.8, 4) is 0 Å². The molecule has 0 aliphatic heterocycles. The van der Waals surface area contributed by atoms with E-state index in [1.807, 2.05) is 55.4 Å². The highest BCUT2D eigenvalue weighted by atomic mass is 16.6. The van der Waals surface area contributed by atoms with Crippen molar-refractivity contribution in [3.63, 3.8) is 0 Å². The lowest BCUT2D eigenvalue weighted by atomic mass is 9.68. The number of hydrogen-bond donors (Lipinski definition) is 0. The summed E-state index contributed by atoms with van der Waals surface area (Å²) in [5, 5.41) is 0. The molecule has 0 aromatic heterocycles. The first-order chi connectivity index (χ1) is 7.44. The predicted molar refractivity (Wildman–Crippen MR) is 69.9 cm³/mol. The van der Waals surface area contributed by atoms with Gasteiger partial charge in [0, 0.05) is 6.61 Å². The van der Waals surface area contributed by atoms with Gasteiger partial charge >= 0.3 is 5.97 Å². The molecule has 0 aromatic carbocycles. The van der Waals surface area contributed by atoms with E-state index in [1.54, 1.807) is 0 Å². The molecule has 3 heteroatoms. The van der Waals surface area contributed by atoms with Crippen LogP contribution in [0.4, 0.5) is 0 Å². The van der Waals surface area contributed by atoms with Gasteiger partial charge in [-0.05, 0) is 40.0 Å². The molecule has 0 aliphatic rings. The first-order valence-electron chi connectivity index (χ1n) is 6.25. The van der Waals surface area contributed by atoms with Crippen LogP contribution in [-0.4, -0.2) is 24.8 Å². The van der Waals surface area contributed by atoms with E-state index >= 15 is 0 Å². The minimum Gasteiger partial charge on any atom is -0.459 e. The molecule has 0 N–H and O–H groups in total. The van der Waals surface area contributed by atoms with Crippen molar-refractivity contribution >= 4 is 5.97 Å². The van der Waals surface area contributed by atoms with Gasteiger partial charge in [-0.3, -0.25) is 4.79 Å². The van der Waals surface area contributed by atoms with Gasteiger partial charge in [-0.2, -0.15) is 0 Å². The van der Waals surface area contributed by atoms with E-state index < -0.39 is 11.0 Å². The lowest BCUT2D eigenvalue weighted by Crippen LogP contribution is -2.47. The molecule has 1 unspecified atom stereocenters. The van der Waals surface area contributed by atoms with E-state index in [-0.39, 0.29) is 11.4 Å². The summed E-state index contributed by atoms with van der Waals surface area (Å²) in [5.74, 6) is -0.189. The Morgan fingerprint density at radius 1 is 1.00 bits per heavy atom. The molecule has 0 amide bonds. The van der Waals surface area contributed by atoms with Crippen LogP contribution in [0.25, 0.3) is 0 Å². The average molecular weight is 244 g/mol. The molecule has 0 saturated heterocycles. The first kappa shape index (κ1) is 16.4. The van der Waals surface area contributed by atoms with E-state index in [0.29, 0.717) is 13.2 Å². The highest BCUT2D eigenvalue weighted by Gasteiger charge is 2.47. The van der Waals surface area contributed by atoms with Gasteiger partial charge in [0.25, 0.3) is 0 Å². The smallest absolute Gasteiger partial charge is 0.315 e. The van der Waals surface area contributed by atoms with Crippen molar-refractivity contribution in [2.45, 2.75) is 61.0 Å². The maximum Gasteiger partial charge on any atom is 0.315 e. The second kappa shape index (κ2) is 5.38. The van der Waals surface area contributed by atoms with Crippen LogP contribution in [0.2, 0.25) is 0 Å². The van der Waals surface area contributed by atoms with E-state index in [0.717, 1.165) is 0 Å². The van der Waals surface area contributed by atoms with Crippen molar-refractivity contribution in [2.24, 2.45) is 10.8 Å². The molecular formula is C14H28O3. The summed E-state index contributed by atoms with van der Waals surface area (Å²) in [7, 11) is 0. The second-order valence-electron chi connectivity index (χ2n) is 6.72. The summed E-state index contributed by atoms with van der Waals surface area (Å²) < 4.78 is 11.0. The largest absolute Gasteiger partial charge is 0.459 e. The van der Waals surface area contributed by atoms with Gasteiger partial charge in [0.15, 0.2) is 0 Å². The third kappa shape index (κ3) is 4.66. The molecule has 0 bridgehead atoms. The molecule has 102 valence electrons. The summed E-state index contributed by atoms with van der Waals surface area (Å²) in [5.41, 5.74) is -1.30. The average Bonchev–Trinajstić information content (AvgIpc) is 2.09. The fourth-order valence-corrected chi connectivity index (χ4v) is 1.28. The van der Waals surface area contributed by atoms with E-state index in [1.165, 1.54) is 0 Å². The maximum absolute atomic E-state index is 12.3. The Morgan fingerprint density at radius 2 is 1.47 bits per heavy atom. The number of hydrogen-bond acceptors (Lipinski definition) is 3. The summed E-state index contributed by atoms with van der Waals surface area (Å²) in [6.45, 7) is 16.6. The van der Waals surface area contributed by atoms with Crippen LogP contribution in [0.3, 0.4) is 0 Å². The summed E-state index contributed by atoms with van der Waals surface area (Å²) in [6.07, 6.45) is 0. The monoisotopic (exact) mass is 244 g/mol. The zero-order chi connectivity index (χ0) is 13.9. The minimum atomic E-state index is -0.629. The van der Waals surface area contributed by atoms with Gasteiger partial charge in [0.05, 0.1) is 12.0 Å². The molecule has 0 rings (SSSR count). The molecule has 0 saturated carbocycles. The molecule has 17 heavy (non-hydrogen) atoms. The number of ether oxygens (including phenoxy) is 2. The van der Waals surface area contributed by atoms with Crippen molar-refractivity contribution in [1.82, 2.24) is 0 Å². The SMILES string of the molecule is CCOCC(C)(C(=O)OC(C)(C)C)C(C)(C)C. The minimum absolute atomic E-state index is 0.189. The zero-order valence-corrected chi connectivity index (χ0v) is 12.6. The molecule has 1 atom stereocenters. The number of carbonyl (C=O) groups excluding carboxylic acids is 1. The molecule has 0 radical (unpaired) electrons. The first-order valence-corrected chi connectivity index (χ1v) is 6.25. The Kier molecular flexibility index (Phi) is 5.20. The highest BCUT2D eigenvalue weighted by Crippen LogP contribution is 2.40. The molecule has 0 spiro atoms. The second-order valence-corrected chi connectivity index (χ2v) is 6.72. The van der Waals surface area contributed by atoms with Crippen molar-refractivity contribution in [1.29, 1.82) is 0 Å². The third-order valence-electron chi connectivity index (χ3n) is 3.10. The normalized spacial score (nSPS) is 16.5. The molecule has 0 fully saturated rings. The summed E-state index contributed by atoms with van der Waals surface area (Å²) in [6, 6.07) is 0. The van der Waals surface area contributed by atoms with E-state index in [4.69, 9.17) is 9.47 Å². The van der Waals surface area contributed by atoms with Gasteiger partial charge in [-0.1, -0.05) is 20.8 Å². The number of esters is 1. The highest BCUT2D eigenvalue weighted by molar-refractivity contribution is 5.78. The lowest BCUT2D eigenvalue weighted by Gasteiger charge is -2.40. The van der Waals surface area contributed by atoms with E-state index in [9.17, 15) is 4.79 Å². The van der Waals surface area contributed by atoms with Crippen molar-refractivity contribution in [2.75, 3.05) is 13.2 Å². The van der Waals surface area contributed by atoms with Gasteiger partial charge in [-0.15, -0.1) is 0 Å². The Hall–Kier alpha value is -0.570. The predicted octanol–water partition coefficient (Wildman–Crippen LogP) is 3.42. The van der Waals surface area contributed by atoms with E-state index in [2.05, 4.69) is 0 Å². The molecule has 0 aliphatic carbocycles. The molecule has 0 aromatic rings. The van der Waals surface area contributed by atoms with Gasteiger partial charge in [0.1, 0.15) is 5.60 Å². The van der Waals surface area contributed by atoms with Crippen LogP contribution in [0.1, 0.15) is 55.4 Å². The molecule has 0 heterocycles. The van der Waals surface area contributed by atoms with Crippen LogP contribution >= 0.6 is 0 Å². The van der Waals surface area contributed by atoms with Crippen molar-refractivity contribution in [3.05, 3.63) is 0 Å². The summed E-state index contributed by atoms with van der Waals surface area (Å²) >= 11 is 0. The Bertz CT molecular complexity index is 258. The number of rotatable bonds is 4. The van der Waals surface area contributed by atoms with Crippen LogP contribution in [-0.2, 0) is 14.3 Å². The number of carbonyl (C=O) groups is 1. The standard InChI is InChI=1S/C14H28O3/c1-9-16-10-14(8,12(2,3)4)11(15)17-13(5,6)7/h9-10H2,1-8H3. The quantitative estimate of drug-likeness (QED) is 0.711. The summed E-state index contributed by atoms with van der Waals surface area (Å²) in [4.78, 5) is 12.3. The van der Waals surface area contributed by atoms with Crippen LogP contribution < -0.4 is 0 Å². The molecular weight excluding hydrogens is 216 g/mol. The van der Waals surface area contributed by atoms with Gasteiger partial charge < -0.3 is 9.47 Å². The van der Waals surface area contributed by atoms with Crippen LogP contribution in [0.15, 0.2) is 0 Å². The van der Waals surface area contributed by atoms with Crippen molar-refractivity contribution < 1.29 is 14.3 Å². The van der Waals surface area contributed by atoms with Gasteiger partial charge in [-0.25, -0.2) is 0 Å².